The van der Waals surface area contributed by atoms with Gasteiger partial charge in [-0.15, -0.1) is 0 Å². The molecule has 0 aromatic rings. The Morgan fingerprint density at radius 2 is 1.75 bits per heavy atom. The Labute approximate surface area is 168 Å². The van der Waals surface area contributed by atoms with Crippen molar-refractivity contribution >= 4 is 17.8 Å². The van der Waals surface area contributed by atoms with Crippen LogP contribution in [0.1, 0.15) is 58.8 Å². The van der Waals surface area contributed by atoms with Crippen molar-refractivity contribution in [3.05, 3.63) is 0 Å². The Bertz CT molecular complexity index is 580. The number of carboxylic acids is 1. The third kappa shape index (κ3) is 4.85. The molecule has 2 amide bonds. The monoisotopic (exact) mass is 393 g/mol. The second kappa shape index (κ2) is 9.25. The van der Waals surface area contributed by atoms with E-state index in [0.29, 0.717) is 38.6 Å². The van der Waals surface area contributed by atoms with Crippen molar-refractivity contribution in [3.8, 4) is 0 Å². The van der Waals surface area contributed by atoms with Crippen molar-refractivity contribution in [2.45, 2.75) is 70.9 Å². The molecule has 1 unspecified atom stereocenters. The zero-order valence-electron chi connectivity index (χ0n) is 17.3. The minimum Gasteiger partial charge on any atom is -0.480 e. The first-order chi connectivity index (χ1) is 13.4. The molecule has 3 rings (SSSR count). The lowest BCUT2D eigenvalue weighted by molar-refractivity contribution is -0.141. The van der Waals surface area contributed by atoms with Crippen LogP contribution in [-0.2, 0) is 14.4 Å². The highest BCUT2D eigenvalue weighted by atomic mass is 16.4. The van der Waals surface area contributed by atoms with Gasteiger partial charge in [0, 0.05) is 38.1 Å². The topological polar surface area (TPSA) is 81.2 Å². The van der Waals surface area contributed by atoms with E-state index in [0.717, 1.165) is 31.6 Å². The quantitative estimate of drug-likeness (QED) is 0.744. The fourth-order valence-electron chi connectivity index (χ4n) is 5.19. The fourth-order valence-corrected chi connectivity index (χ4v) is 5.19. The average molecular weight is 394 g/mol. The van der Waals surface area contributed by atoms with Gasteiger partial charge in [0.25, 0.3) is 0 Å². The SMILES string of the molecule is CCN(CC(=O)O)C1CCN(C(=O)C2CC(=O)N(C3CCC(C)CC3)C2)CC1. The minimum absolute atomic E-state index is 0.0568. The molecule has 3 fully saturated rings. The maximum atomic E-state index is 13.0. The van der Waals surface area contributed by atoms with Crippen LogP contribution in [0.5, 0.6) is 0 Å². The Balaban J connectivity index is 1.50. The van der Waals surface area contributed by atoms with Crippen LogP contribution in [0.3, 0.4) is 0 Å². The molecule has 1 N–H and O–H groups in total. The van der Waals surface area contributed by atoms with E-state index >= 15 is 0 Å². The molecular formula is C21H35N3O4. The number of carbonyl (C=O) groups excluding carboxylic acids is 2. The average Bonchev–Trinajstić information content (AvgIpc) is 3.08. The van der Waals surface area contributed by atoms with E-state index in [1.807, 2.05) is 21.6 Å². The van der Waals surface area contributed by atoms with Crippen molar-refractivity contribution < 1.29 is 19.5 Å². The van der Waals surface area contributed by atoms with Gasteiger partial charge in [-0.2, -0.15) is 0 Å². The number of nitrogens with zero attached hydrogens (tertiary/aromatic N) is 3. The Morgan fingerprint density at radius 3 is 2.32 bits per heavy atom. The van der Waals surface area contributed by atoms with Crippen molar-refractivity contribution in [3.63, 3.8) is 0 Å². The zero-order chi connectivity index (χ0) is 20.3. The zero-order valence-corrected chi connectivity index (χ0v) is 17.3. The summed E-state index contributed by atoms with van der Waals surface area (Å²) in [6.45, 7) is 6.91. The number of aliphatic carboxylic acids is 1. The van der Waals surface area contributed by atoms with Crippen LogP contribution in [0.15, 0.2) is 0 Å². The van der Waals surface area contributed by atoms with Crippen LogP contribution in [0.2, 0.25) is 0 Å². The molecule has 0 aromatic heterocycles. The van der Waals surface area contributed by atoms with Gasteiger partial charge in [-0.3, -0.25) is 19.3 Å². The number of likely N-dealkylation sites (N-methyl/N-ethyl adjacent to an activating group) is 1. The number of carboxylic acid groups (broad SMARTS) is 1. The molecule has 2 aliphatic heterocycles. The van der Waals surface area contributed by atoms with Crippen LogP contribution in [-0.4, -0.2) is 82.4 Å². The summed E-state index contributed by atoms with van der Waals surface area (Å²) >= 11 is 0. The molecule has 1 saturated carbocycles. The number of piperidine rings is 1. The summed E-state index contributed by atoms with van der Waals surface area (Å²) < 4.78 is 0. The Hall–Kier alpha value is -1.63. The summed E-state index contributed by atoms with van der Waals surface area (Å²) in [5, 5.41) is 9.06. The van der Waals surface area contributed by atoms with Crippen LogP contribution in [0.4, 0.5) is 0 Å². The lowest BCUT2D eigenvalue weighted by Crippen LogP contribution is -2.49. The molecule has 158 valence electrons. The standard InChI is InChI=1S/C21H35N3O4/c1-3-22(14-20(26)27)17-8-10-23(11-9-17)21(28)16-12-19(25)24(13-16)18-6-4-15(2)5-7-18/h15-18H,3-14H2,1-2H3,(H,26,27). The molecule has 28 heavy (non-hydrogen) atoms. The predicted octanol–water partition coefficient (Wildman–Crippen LogP) is 1.81. The summed E-state index contributed by atoms with van der Waals surface area (Å²) in [5.74, 6) is -0.00520. The number of hydrogen-bond acceptors (Lipinski definition) is 4. The first kappa shape index (κ1) is 21.1. The number of hydrogen-bond donors (Lipinski definition) is 1. The second-order valence-corrected chi connectivity index (χ2v) is 8.87. The Kier molecular flexibility index (Phi) is 6.96. The number of likely N-dealkylation sites (tertiary alicyclic amines) is 2. The molecule has 0 spiro atoms. The third-order valence-electron chi connectivity index (χ3n) is 6.97. The normalized spacial score (nSPS) is 29.5. The minimum atomic E-state index is -0.804. The summed E-state index contributed by atoms with van der Waals surface area (Å²) in [4.78, 5) is 42.4. The Morgan fingerprint density at radius 1 is 1.11 bits per heavy atom. The summed E-state index contributed by atoms with van der Waals surface area (Å²) in [7, 11) is 0. The summed E-state index contributed by atoms with van der Waals surface area (Å²) in [6.07, 6.45) is 6.43. The maximum Gasteiger partial charge on any atom is 0.317 e. The maximum absolute atomic E-state index is 13.0. The first-order valence-electron chi connectivity index (χ1n) is 10.9. The largest absolute Gasteiger partial charge is 0.480 e. The molecule has 2 saturated heterocycles. The van der Waals surface area contributed by atoms with E-state index in [2.05, 4.69) is 6.92 Å². The van der Waals surface area contributed by atoms with E-state index in [1.165, 1.54) is 12.8 Å². The van der Waals surface area contributed by atoms with Crippen molar-refractivity contribution in [1.82, 2.24) is 14.7 Å². The highest BCUT2D eigenvalue weighted by Gasteiger charge is 2.41. The molecule has 0 radical (unpaired) electrons. The van der Waals surface area contributed by atoms with Gasteiger partial charge in [0.1, 0.15) is 0 Å². The van der Waals surface area contributed by atoms with Gasteiger partial charge < -0.3 is 14.9 Å². The fraction of sp³-hybridized carbons (Fsp3) is 0.857. The van der Waals surface area contributed by atoms with Crippen LogP contribution < -0.4 is 0 Å². The van der Waals surface area contributed by atoms with E-state index in [4.69, 9.17) is 5.11 Å². The van der Waals surface area contributed by atoms with Crippen molar-refractivity contribution in [2.24, 2.45) is 11.8 Å². The number of rotatable bonds is 6. The van der Waals surface area contributed by atoms with Gasteiger partial charge in [0.05, 0.1) is 12.5 Å². The van der Waals surface area contributed by atoms with Crippen LogP contribution in [0.25, 0.3) is 0 Å². The van der Waals surface area contributed by atoms with Crippen molar-refractivity contribution in [1.29, 1.82) is 0 Å². The van der Waals surface area contributed by atoms with Gasteiger partial charge in [-0.25, -0.2) is 0 Å². The van der Waals surface area contributed by atoms with Crippen molar-refractivity contribution in [2.75, 3.05) is 32.7 Å². The van der Waals surface area contributed by atoms with Gasteiger partial charge in [0.2, 0.25) is 11.8 Å². The number of amides is 2. The van der Waals surface area contributed by atoms with E-state index in [1.54, 1.807) is 0 Å². The molecule has 1 atom stereocenters. The first-order valence-corrected chi connectivity index (χ1v) is 10.9. The molecule has 0 bridgehead atoms. The molecule has 3 aliphatic rings. The molecule has 2 heterocycles. The van der Waals surface area contributed by atoms with Crippen LogP contribution in [0, 0.1) is 11.8 Å². The predicted molar refractivity (Wildman–Crippen MR) is 106 cm³/mol. The lowest BCUT2D eigenvalue weighted by Gasteiger charge is -2.38. The molecule has 1 aliphatic carbocycles. The van der Waals surface area contributed by atoms with Gasteiger partial charge >= 0.3 is 5.97 Å². The van der Waals surface area contributed by atoms with Gasteiger partial charge in [-0.1, -0.05) is 13.8 Å². The van der Waals surface area contributed by atoms with E-state index in [9.17, 15) is 14.4 Å². The van der Waals surface area contributed by atoms with Crippen LogP contribution >= 0.6 is 0 Å². The highest BCUT2D eigenvalue weighted by molar-refractivity contribution is 5.89. The highest BCUT2D eigenvalue weighted by Crippen LogP contribution is 2.32. The van der Waals surface area contributed by atoms with Gasteiger partial charge in [0.15, 0.2) is 0 Å². The summed E-state index contributed by atoms with van der Waals surface area (Å²) in [6, 6.07) is 0.539. The smallest absolute Gasteiger partial charge is 0.317 e. The van der Waals surface area contributed by atoms with E-state index < -0.39 is 5.97 Å². The molecular weight excluding hydrogens is 358 g/mol. The third-order valence-corrected chi connectivity index (χ3v) is 6.97. The molecule has 7 nitrogen and oxygen atoms in total. The second-order valence-electron chi connectivity index (χ2n) is 8.87. The van der Waals surface area contributed by atoms with E-state index in [-0.39, 0.29) is 30.3 Å². The number of carbonyl (C=O) groups is 3. The van der Waals surface area contributed by atoms with Gasteiger partial charge in [-0.05, 0) is 51.0 Å². The summed E-state index contributed by atoms with van der Waals surface area (Å²) in [5.41, 5.74) is 0. The lowest BCUT2D eigenvalue weighted by atomic mass is 9.86. The molecule has 7 heteroatoms. The molecule has 0 aromatic carbocycles.